The third kappa shape index (κ3) is 2.89. The van der Waals surface area contributed by atoms with Gasteiger partial charge in [0.15, 0.2) is 0 Å². The second-order valence-corrected chi connectivity index (χ2v) is 6.81. The van der Waals surface area contributed by atoms with Crippen LogP contribution in [0.5, 0.6) is 0 Å². The minimum Gasteiger partial charge on any atom is -0.370 e. The van der Waals surface area contributed by atoms with Crippen molar-refractivity contribution in [1.29, 1.82) is 0 Å². The van der Waals surface area contributed by atoms with Gasteiger partial charge in [0.2, 0.25) is 0 Å². The lowest BCUT2D eigenvalue weighted by Gasteiger charge is -2.28. The van der Waals surface area contributed by atoms with E-state index in [1.807, 2.05) is 0 Å². The summed E-state index contributed by atoms with van der Waals surface area (Å²) < 4.78 is 0. The van der Waals surface area contributed by atoms with Crippen molar-refractivity contribution < 1.29 is 0 Å². The highest BCUT2D eigenvalue weighted by Crippen LogP contribution is 2.32. The van der Waals surface area contributed by atoms with Crippen LogP contribution < -0.4 is 10.2 Å². The summed E-state index contributed by atoms with van der Waals surface area (Å²) in [4.78, 5) is 12.1. The summed E-state index contributed by atoms with van der Waals surface area (Å²) in [6.07, 6.45) is 2.51. The smallest absolute Gasteiger partial charge is 0.138 e. The normalized spacial score (nSPS) is 19.5. The summed E-state index contributed by atoms with van der Waals surface area (Å²) in [5.74, 6) is 3.03. The molecule has 4 nitrogen and oxygen atoms in total. The van der Waals surface area contributed by atoms with Crippen LogP contribution in [0.4, 0.5) is 11.6 Å². The predicted molar refractivity (Wildman–Crippen MR) is 85.7 cm³/mol. The SMILES string of the molecule is CCNc1nc(C(C)(C)C)nc(N2CCCC2C)c1C. The van der Waals surface area contributed by atoms with Crippen LogP contribution in [0.1, 0.15) is 58.8 Å². The van der Waals surface area contributed by atoms with Crippen molar-refractivity contribution in [1.82, 2.24) is 9.97 Å². The molecule has 1 atom stereocenters. The zero-order valence-electron chi connectivity index (χ0n) is 13.7. The van der Waals surface area contributed by atoms with Gasteiger partial charge in [-0.1, -0.05) is 20.8 Å². The quantitative estimate of drug-likeness (QED) is 0.917. The molecule has 112 valence electrons. The molecule has 0 amide bonds. The summed E-state index contributed by atoms with van der Waals surface area (Å²) in [5, 5.41) is 3.39. The molecule has 1 fully saturated rings. The van der Waals surface area contributed by atoms with Crippen LogP contribution in [0.25, 0.3) is 0 Å². The highest BCUT2D eigenvalue weighted by Gasteiger charge is 2.27. The molecule has 2 heterocycles. The molecule has 2 rings (SSSR count). The van der Waals surface area contributed by atoms with E-state index in [0.29, 0.717) is 6.04 Å². The first-order valence-corrected chi connectivity index (χ1v) is 7.74. The Hall–Kier alpha value is -1.32. The number of rotatable bonds is 3. The van der Waals surface area contributed by atoms with E-state index >= 15 is 0 Å². The average molecular weight is 276 g/mol. The van der Waals surface area contributed by atoms with Crippen molar-refractivity contribution >= 4 is 11.6 Å². The molecule has 20 heavy (non-hydrogen) atoms. The van der Waals surface area contributed by atoms with Crippen molar-refractivity contribution in [2.45, 2.75) is 65.8 Å². The van der Waals surface area contributed by atoms with Gasteiger partial charge in [0, 0.05) is 30.1 Å². The van der Waals surface area contributed by atoms with Crippen LogP contribution in [0, 0.1) is 6.92 Å². The largest absolute Gasteiger partial charge is 0.370 e. The molecular formula is C16H28N4. The molecule has 0 spiro atoms. The minimum atomic E-state index is -0.0322. The fraction of sp³-hybridized carbons (Fsp3) is 0.750. The van der Waals surface area contributed by atoms with Crippen LogP contribution in [0.3, 0.4) is 0 Å². The van der Waals surface area contributed by atoms with Gasteiger partial charge in [-0.15, -0.1) is 0 Å². The number of aromatic nitrogens is 2. The van der Waals surface area contributed by atoms with Crippen molar-refractivity contribution in [2.75, 3.05) is 23.3 Å². The van der Waals surface area contributed by atoms with E-state index in [9.17, 15) is 0 Å². The van der Waals surface area contributed by atoms with Crippen LogP contribution in [0.2, 0.25) is 0 Å². The van der Waals surface area contributed by atoms with Gasteiger partial charge in [-0.05, 0) is 33.6 Å². The Kier molecular flexibility index (Phi) is 4.21. The molecular weight excluding hydrogens is 248 g/mol. The van der Waals surface area contributed by atoms with Crippen molar-refractivity contribution in [3.8, 4) is 0 Å². The third-order valence-corrected chi connectivity index (χ3v) is 3.96. The van der Waals surface area contributed by atoms with Crippen LogP contribution in [-0.4, -0.2) is 29.1 Å². The molecule has 1 N–H and O–H groups in total. The summed E-state index contributed by atoms with van der Waals surface area (Å²) in [5.41, 5.74) is 1.14. The lowest BCUT2D eigenvalue weighted by Crippen LogP contribution is -2.30. The molecule has 1 aromatic heterocycles. The lowest BCUT2D eigenvalue weighted by atomic mass is 9.95. The van der Waals surface area contributed by atoms with E-state index in [2.05, 4.69) is 51.8 Å². The number of nitrogens with zero attached hydrogens (tertiary/aromatic N) is 3. The Labute approximate surface area is 123 Å². The summed E-state index contributed by atoms with van der Waals surface area (Å²) in [6, 6.07) is 0.575. The highest BCUT2D eigenvalue weighted by molar-refractivity contribution is 5.59. The van der Waals surface area contributed by atoms with Gasteiger partial charge in [-0.2, -0.15) is 0 Å². The first-order chi connectivity index (χ1) is 9.34. The number of anilines is 2. The Morgan fingerprint density at radius 3 is 2.50 bits per heavy atom. The number of hydrogen-bond acceptors (Lipinski definition) is 4. The maximum atomic E-state index is 4.89. The fourth-order valence-electron chi connectivity index (χ4n) is 2.71. The average Bonchev–Trinajstić information content (AvgIpc) is 2.77. The van der Waals surface area contributed by atoms with Crippen molar-refractivity contribution in [3.05, 3.63) is 11.4 Å². The maximum absolute atomic E-state index is 4.89. The molecule has 0 aliphatic carbocycles. The maximum Gasteiger partial charge on any atom is 0.138 e. The molecule has 1 aliphatic heterocycles. The molecule has 1 aliphatic rings. The predicted octanol–water partition coefficient (Wildman–Crippen LogP) is 3.50. The molecule has 1 saturated heterocycles. The van der Waals surface area contributed by atoms with E-state index in [1.165, 1.54) is 18.4 Å². The van der Waals surface area contributed by atoms with Crippen molar-refractivity contribution in [3.63, 3.8) is 0 Å². The van der Waals surface area contributed by atoms with Crippen LogP contribution >= 0.6 is 0 Å². The van der Waals surface area contributed by atoms with Gasteiger partial charge < -0.3 is 10.2 Å². The Balaban J connectivity index is 2.51. The van der Waals surface area contributed by atoms with Gasteiger partial charge in [0.1, 0.15) is 17.5 Å². The first kappa shape index (κ1) is 15.1. The molecule has 0 saturated carbocycles. The Bertz CT molecular complexity index is 476. The van der Waals surface area contributed by atoms with Gasteiger partial charge in [-0.25, -0.2) is 9.97 Å². The zero-order valence-corrected chi connectivity index (χ0v) is 13.7. The van der Waals surface area contributed by atoms with Gasteiger partial charge in [0.05, 0.1) is 0 Å². The molecule has 0 aromatic carbocycles. The van der Waals surface area contributed by atoms with Gasteiger partial charge in [-0.3, -0.25) is 0 Å². The zero-order chi connectivity index (χ0) is 14.9. The van der Waals surface area contributed by atoms with E-state index in [-0.39, 0.29) is 5.41 Å². The standard InChI is InChI=1S/C16H28N4/c1-7-17-13-12(3)14(20-10-8-9-11(20)2)19-15(18-13)16(4,5)6/h11H,7-10H2,1-6H3,(H,17,18,19). The molecule has 0 radical (unpaired) electrons. The van der Waals surface area contributed by atoms with Gasteiger partial charge in [0.25, 0.3) is 0 Å². The monoisotopic (exact) mass is 276 g/mol. The van der Waals surface area contributed by atoms with E-state index in [0.717, 1.165) is 30.5 Å². The topological polar surface area (TPSA) is 41.1 Å². The van der Waals surface area contributed by atoms with E-state index in [1.54, 1.807) is 0 Å². The van der Waals surface area contributed by atoms with Gasteiger partial charge >= 0.3 is 0 Å². The highest BCUT2D eigenvalue weighted by atomic mass is 15.2. The summed E-state index contributed by atoms with van der Waals surface area (Å²) in [6.45, 7) is 15.0. The molecule has 1 unspecified atom stereocenters. The second-order valence-electron chi connectivity index (χ2n) is 6.81. The van der Waals surface area contributed by atoms with Crippen LogP contribution in [0.15, 0.2) is 0 Å². The summed E-state index contributed by atoms with van der Waals surface area (Å²) in [7, 11) is 0. The Morgan fingerprint density at radius 1 is 1.30 bits per heavy atom. The molecule has 0 bridgehead atoms. The molecule has 4 heteroatoms. The van der Waals surface area contributed by atoms with Crippen LogP contribution in [-0.2, 0) is 5.41 Å². The number of hydrogen-bond donors (Lipinski definition) is 1. The lowest BCUT2D eigenvalue weighted by molar-refractivity contribution is 0.543. The first-order valence-electron chi connectivity index (χ1n) is 7.74. The summed E-state index contributed by atoms with van der Waals surface area (Å²) >= 11 is 0. The fourth-order valence-corrected chi connectivity index (χ4v) is 2.71. The minimum absolute atomic E-state index is 0.0322. The second kappa shape index (κ2) is 5.58. The molecule has 1 aromatic rings. The van der Waals surface area contributed by atoms with E-state index < -0.39 is 0 Å². The van der Waals surface area contributed by atoms with Crippen molar-refractivity contribution in [2.24, 2.45) is 0 Å². The number of nitrogens with one attached hydrogen (secondary N) is 1. The third-order valence-electron chi connectivity index (χ3n) is 3.96. The van der Waals surface area contributed by atoms with E-state index in [4.69, 9.17) is 9.97 Å². The Morgan fingerprint density at radius 2 is 2.00 bits per heavy atom.